The first-order chi connectivity index (χ1) is 13.3. The van der Waals surface area contributed by atoms with E-state index in [1.165, 1.54) is 18.2 Å². The minimum atomic E-state index is -0.634. The van der Waals surface area contributed by atoms with Crippen LogP contribution in [-0.2, 0) is 0 Å². The molecule has 3 rings (SSSR count). The van der Waals surface area contributed by atoms with Gasteiger partial charge < -0.3 is 9.52 Å². The lowest BCUT2D eigenvalue weighted by Gasteiger charge is -2.14. The van der Waals surface area contributed by atoms with E-state index >= 15 is 0 Å². The van der Waals surface area contributed by atoms with Crippen molar-refractivity contribution in [1.29, 1.82) is 0 Å². The number of rotatable bonds is 5. The zero-order valence-corrected chi connectivity index (χ0v) is 15.6. The maximum absolute atomic E-state index is 12.4. The van der Waals surface area contributed by atoms with Gasteiger partial charge in [0.2, 0.25) is 0 Å². The smallest absolute Gasteiger partial charge is 0.343 e. The first kappa shape index (κ1) is 19.4. The average Bonchev–Trinajstić information content (AvgIpc) is 2.65. The predicted molar refractivity (Wildman–Crippen MR) is 107 cm³/mol. The molecular weight excluding hydrogens is 382 g/mol. The highest BCUT2D eigenvalue weighted by Crippen LogP contribution is 2.32. The Bertz CT molecular complexity index is 1090. The van der Waals surface area contributed by atoms with Crippen LogP contribution in [0.25, 0.3) is 6.08 Å². The van der Waals surface area contributed by atoms with Crippen molar-refractivity contribution in [1.82, 2.24) is 0 Å². The molecule has 0 saturated heterocycles. The van der Waals surface area contributed by atoms with Crippen LogP contribution < -0.4 is 5.63 Å². The fourth-order valence-electron chi connectivity index (χ4n) is 2.85. The van der Waals surface area contributed by atoms with Gasteiger partial charge in [-0.05, 0) is 42.3 Å². The molecule has 1 N–H and O–H groups in total. The SMILES string of the molecule is Cc1cc(O)c(C(C=Cc2ccc([N+](=O)[O-])cc2)c2ccc(Cl)cc2)c(=O)o1. The van der Waals surface area contributed by atoms with E-state index < -0.39 is 16.5 Å². The van der Waals surface area contributed by atoms with Gasteiger partial charge in [0.1, 0.15) is 11.5 Å². The molecule has 1 heterocycles. The van der Waals surface area contributed by atoms with Crippen LogP contribution in [-0.4, -0.2) is 10.0 Å². The van der Waals surface area contributed by atoms with Crippen molar-refractivity contribution >= 4 is 23.4 Å². The molecule has 0 saturated carbocycles. The molecule has 0 spiro atoms. The Morgan fingerprint density at radius 2 is 1.79 bits per heavy atom. The van der Waals surface area contributed by atoms with Gasteiger partial charge in [-0.25, -0.2) is 4.79 Å². The summed E-state index contributed by atoms with van der Waals surface area (Å²) in [4.78, 5) is 22.7. The van der Waals surface area contributed by atoms with Gasteiger partial charge in [-0.2, -0.15) is 0 Å². The number of benzene rings is 2. The van der Waals surface area contributed by atoms with Gasteiger partial charge in [0.25, 0.3) is 5.69 Å². The lowest BCUT2D eigenvalue weighted by molar-refractivity contribution is -0.384. The van der Waals surface area contributed by atoms with E-state index in [1.807, 2.05) is 0 Å². The third kappa shape index (κ3) is 4.29. The summed E-state index contributed by atoms with van der Waals surface area (Å²) in [6.07, 6.45) is 3.45. The van der Waals surface area contributed by atoms with Crippen LogP contribution in [0.2, 0.25) is 5.02 Å². The Labute approximate surface area is 165 Å². The van der Waals surface area contributed by atoms with E-state index in [2.05, 4.69) is 0 Å². The fourth-order valence-corrected chi connectivity index (χ4v) is 2.98. The van der Waals surface area contributed by atoms with E-state index in [0.717, 1.165) is 5.56 Å². The molecule has 0 aliphatic rings. The van der Waals surface area contributed by atoms with Crippen LogP contribution in [0.5, 0.6) is 5.75 Å². The minimum absolute atomic E-state index is 0.0109. The molecule has 0 aliphatic heterocycles. The van der Waals surface area contributed by atoms with Gasteiger partial charge >= 0.3 is 5.63 Å². The number of nitro groups is 1. The van der Waals surface area contributed by atoms with Gasteiger partial charge in [0.15, 0.2) is 0 Å². The third-order valence-electron chi connectivity index (χ3n) is 4.21. The normalized spacial score (nSPS) is 12.2. The van der Waals surface area contributed by atoms with Crippen LogP contribution in [0.4, 0.5) is 5.69 Å². The van der Waals surface area contributed by atoms with Gasteiger partial charge in [-0.15, -0.1) is 0 Å². The van der Waals surface area contributed by atoms with Crippen molar-refractivity contribution in [2.45, 2.75) is 12.8 Å². The number of allylic oxidation sites excluding steroid dienone is 1. The van der Waals surface area contributed by atoms with Gasteiger partial charge in [-0.3, -0.25) is 10.1 Å². The maximum Gasteiger partial charge on any atom is 0.343 e. The zero-order chi connectivity index (χ0) is 20.3. The lowest BCUT2D eigenvalue weighted by Crippen LogP contribution is -2.13. The third-order valence-corrected chi connectivity index (χ3v) is 4.47. The summed E-state index contributed by atoms with van der Waals surface area (Å²) in [5.74, 6) is -0.452. The molecule has 0 amide bonds. The molecule has 7 heteroatoms. The van der Waals surface area contributed by atoms with Gasteiger partial charge in [0.05, 0.1) is 10.5 Å². The van der Waals surface area contributed by atoms with E-state index in [-0.39, 0.29) is 17.0 Å². The van der Waals surface area contributed by atoms with E-state index in [1.54, 1.807) is 55.5 Å². The van der Waals surface area contributed by atoms with Crippen LogP contribution in [0, 0.1) is 17.0 Å². The van der Waals surface area contributed by atoms with Crippen molar-refractivity contribution in [2.75, 3.05) is 0 Å². The van der Waals surface area contributed by atoms with E-state index in [0.29, 0.717) is 16.3 Å². The Balaban J connectivity index is 2.05. The highest BCUT2D eigenvalue weighted by Gasteiger charge is 2.21. The second-order valence-electron chi connectivity index (χ2n) is 6.18. The predicted octanol–water partition coefficient (Wildman–Crippen LogP) is 5.06. The highest BCUT2D eigenvalue weighted by atomic mass is 35.5. The number of nitro benzene ring substituents is 1. The first-order valence-electron chi connectivity index (χ1n) is 8.37. The molecule has 0 radical (unpaired) electrons. The average molecular weight is 398 g/mol. The number of halogens is 1. The molecule has 1 atom stereocenters. The summed E-state index contributed by atoms with van der Waals surface area (Å²) in [5.41, 5.74) is 0.898. The highest BCUT2D eigenvalue weighted by molar-refractivity contribution is 6.30. The van der Waals surface area contributed by atoms with Crippen LogP contribution in [0.3, 0.4) is 0 Å². The van der Waals surface area contributed by atoms with E-state index in [9.17, 15) is 20.0 Å². The number of hydrogen-bond acceptors (Lipinski definition) is 5. The molecule has 142 valence electrons. The zero-order valence-electron chi connectivity index (χ0n) is 14.8. The fraction of sp³-hybridized carbons (Fsp3) is 0.0952. The molecule has 2 aromatic carbocycles. The Hall–Kier alpha value is -3.38. The Morgan fingerprint density at radius 1 is 1.14 bits per heavy atom. The largest absolute Gasteiger partial charge is 0.507 e. The topological polar surface area (TPSA) is 93.6 Å². The second-order valence-corrected chi connectivity index (χ2v) is 6.62. The molecule has 1 unspecified atom stereocenters. The molecule has 3 aromatic rings. The second kappa shape index (κ2) is 8.10. The van der Waals surface area contributed by atoms with Crippen molar-refractivity contribution in [3.05, 3.63) is 109 Å². The summed E-state index contributed by atoms with van der Waals surface area (Å²) in [5, 5.41) is 21.7. The summed E-state index contributed by atoms with van der Waals surface area (Å²) >= 11 is 5.96. The van der Waals surface area contributed by atoms with Gasteiger partial charge in [-0.1, -0.05) is 35.9 Å². The molecule has 0 bridgehead atoms. The van der Waals surface area contributed by atoms with Gasteiger partial charge in [0, 0.05) is 29.1 Å². The van der Waals surface area contributed by atoms with Crippen molar-refractivity contribution < 1.29 is 14.4 Å². The summed E-state index contributed by atoms with van der Waals surface area (Å²) in [6.45, 7) is 1.58. The Kier molecular flexibility index (Phi) is 5.61. The summed E-state index contributed by atoms with van der Waals surface area (Å²) in [6, 6.07) is 14.3. The van der Waals surface area contributed by atoms with Crippen molar-refractivity contribution in [2.24, 2.45) is 0 Å². The number of nitrogens with zero attached hydrogens (tertiary/aromatic N) is 1. The van der Waals surface area contributed by atoms with E-state index in [4.69, 9.17) is 16.0 Å². The van der Waals surface area contributed by atoms with Crippen LogP contribution in [0.15, 0.2) is 69.9 Å². The summed E-state index contributed by atoms with van der Waals surface area (Å²) < 4.78 is 5.16. The summed E-state index contributed by atoms with van der Waals surface area (Å²) in [7, 11) is 0. The van der Waals surface area contributed by atoms with Crippen molar-refractivity contribution in [3.8, 4) is 5.75 Å². The minimum Gasteiger partial charge on any atom is -0.507 e. The monoisotopic (exact) mass is 397 g/mol. The number of aromatic hydroxyl groups is 1. The molecule has 28 heavy (non-hydrogen) atoms. The number of aryl methyl sites for hydroxylation is 1. The lowest BCUT2D eigenvalue weighted by atomic mass is 9.90. The van der Waals surface area contributed by atoms with Crippen molar-refractivity contribution in [3.63, 3.8) is 0 Å². The molecule has 0 aliphatic carbocycles. The number of hydrogen-bond donors (Lipinski definition) is 1. The molecule has 1 aromatic heterocycles. The molecule has 0 fully saturated rings. The maximum atomic E-state index is 12.4. The van der Waals surface area contributed by atoms with Crippen LogP contribution >= 0.6 is 11.6 Å². The first-order valence-corrected chi connectivity index (χ1v) is 8.74. The van der Waals surface area contributed by atoms with Crippen LogP contribution in [0.1, 0.15) is 28.4 Å². The molecular formula is C21H16ClNO5. The quantitative estimate of drug-likeness (QED) is 0.479. The standard InChI is InChI=1S/C21H16ClNO5/c1-13-12-19(24)20(21(25)28-13)18(15-5-7-16(22)8-6-15)11-4-14-2-9-17(10-3-14)23(26)27/h2-12,18,24H,1H3. The number of non-ortho nitro benzene ring substituents is 1. The Morgan fingerprint density at radius 3 is 2.36 bits per heavy atom. The molecule has 6 nitrogen and oxygen atoms in total.